The summed E-state index contributed by atoms with van der Waals surface area (Å²) in [6.07, 6.45) is 5.42. The molecule has 0 bridgehead atoms. The van der Waals surface area contributed by atoms with Gasteiger partial charge in [-0.25, -0.2) is 19.9 Å². The minimum atomic E-state index is -1.06. The Morgan fingerprint density at radius 3 is 2.46 bits per heavy atom. The molecule has 28 heavy (non-hydrogen) atoms. The Morgan fingerprint density at radius 1 is 1.00 bits per heavy atom. The number of nitrogens with zero attached hydrogens (tertiary/aromatic N) is 5. The molecule has 6 nitrogen and oxygen atoms in total. The van der Waals surface area contributed by atoms with Gasteiger partial charge in [-0.15, -0.1) is 0 Å². The third kappa shape index (κ3) is 2.77. The van der Waals surface area contributed by atoms with E-state index in [9.17, 15) is 5.11 Å². The molecule has 1 unspecified atom stereocenters. The summed E-state index contributed by atoms with van der Waals surface area (Å²) < 4.78 is 2.26. The first kappa shape index (κ1) is 17.0. The molecular formula is C22H21N5O. The largest absolute Gasteiger partial charge is 0.382 e. The lowest BCUT2D eigenvalue weighted by atomic mass is 10.0. The summed E-state index contributed by atoms with van der Waals surface area (Å²) in [5.41, 5.74) is 3.64. The van der Waals surface area contributed by atoms with Gasteiger partial charge in [-0.3, -0.25) is 0 Å². The minimum absolute atomic E-state index is 0.262. The molecule has 6 heteroatoms. The lowest BCUT2D eigenvalue weighted by Crippen LogP contribution is -2.19. The number of pyridine rings is 1. The van der Waals surface area contributed by atoms with Crippen LogP contribution in [0.4, 0.5) is 0 Å². The zero-order valence-electron chi connectivity index (χ0n) is 15.9. The first-order chi connectivity index (χ1) is 13.5. The van der Waals surface area contributed by atoms with Crippen LogP contribution in [0, 0.1) is 0 Å². The fourth-order valence-corrected chi connectivity index (χ4v) is 3.85. The van der Waals surface area contributed by atoms with Crippen LogP contribution < -0.4 is 0 Å². The summed E-state index contributed by atoms with van der Waals surface area (Å²) in [6, 6.07) is 14.7. The molecule has 0 radical (unpaired) electrons. The second kappa shape index (κ2) is 6.21. The molecule has 1 N–H and O–H groups in total. The van der Waals surface area contributed by atoms with Crippen LogP contribution in [-0.2, 0) is 12.0 Å². The molecule has 140 valence electrons. The Labute approximate surface area is 163 Å². The normalized spacial score (nSPS) is 16.5. The van der Waals surface area contributed by atoms with Gasteiger partial charge in [0.25, 0.3) is 0 Å². The molecule has 3 aromatic heterocycles. The molecule has 1 aromatic carbocycles. The van der Waals surface area contributed by atoms with Gasteiger partial charge in [0.2, 0.25) is 0 Å². The first-order valence-electron chi connectivity index (χ1n) is 9.49. The smallest absolute Gasteiger partial charge is 0.161 e. The Hall–Kier alpha value is -3.12. The van der Waals surface area contributed by atoms with Crippen molar-refractivity contribution in [1.82, 2.24) is 24.5 Å². The number of fused-ring (bicyclic) bond motifs is 3. The molecule has 1 atom stereocenters. The summed E-state index contributed by atoms with van der Waals surface area (Å²) in [6.45, 7) is 3.34. The number of hydrogen-bond acceptors (Lipinski definition) is 5. The fraction of sp³-hybridized carbons (Fsp3) is 0.273. The second-order valence-corrected chi connectivity index (χ2v) is 7.76. The van der Waals surface area contributed by atoms with E-state index in [4.69, 9.17) is 9.97 Å². The zero-order chi connectivity index (χ0) is 19.3. The number of benzene rings is 1. The topological polar surface area (TPSA) is 76.7 Å². The predicted molar refractivity (Wildman–Crippen MR) is 107 cm³/mol. The minimum Gasteiger partial charge on any atom is -0.382 e. The van der Waals surface area contributed by atoms with Crippen molar-refractivity contribution in [2.75, 3.05) is 0 Å². The molecule has 0 amide bonds. The van der Waals surface area contributed by atoms with Crippen LogP contribution in [0.2, 0.25) is 0 Å². The number of aryl methyl sites for hydroxylation is 1. The van der Waals surface area contributed by atoms with Crippen LogP contribution >= 0.6 is 0 Å². The standard InChI is InChI=1S/C22H21N5O/c1-22(2,28)21-23-12-15(13-24-21)16-8-9-17-20(26-16)27-18(10-11-19(27)25-17)14-6-4-3-5-7-14/h3-9,12-13,18,28H,10-11H2,1-2H3. The van der Waals surface area contributed by atoms with Gasteiger partial charge in [-0.2, -0.15) is 0 Å². The van der Waals surface area contributed by atoms with E-state index in [0.717, 1.165) is 41.1 Å². The summed E-state index contributed by atoms with van der Waals surface area (Å²) in [5, 5.41) is 10.1. The molecule has 4 heterocycles. The van der Waals surface area contributed by atoms with Crippen LogP contribution in [0.15, 0.2) is 54.9 Å². The maximum atomic E-state index is 10.1. The third-order valence-electron chi connectivity index (χ3n) is 5.24. The molecule has 0 aliphatic carbocycles. The van der Waals surface area contributed by atoms with Crippen molar-refractivity contribution >= 4 is 11.2 Å². The van der Waals surface area contributed by atoms with Gasteiger partial charge >= 0.3 is 0 Å². The summed E-state index contributed by atoms with van der Waals surface area (Å²) in [4.78, 5) is 18.3. The van der Waals surface area contributed by atoms with Gasteiger partial charge in [-0.1, -0.05) is 30.3 Å². The van der Waals surface area contributed by atoms with Crippen molar-refractivity contribution in [3.05, 3.63) is 72.1 Å². The van der Waals surface area contributed by atoms with Crippen molar-refractivity contribution in [1.29, 1.82) is 0 Å². The maximum Gasteiger partial charge on any atom is 0.161 e. The average Bonchev–Trinajstić information content (AvgIpc) is 3.27. The van der Waals surface area contributed by atoms with Crippen molar-refractivity contribution in [2.24, 2.45) is 0 Å². The second-order valence-electron chi connectivity index (χ2n) is 7.76. The fourth-order valence-electron chi connectivity index (χ4n) is 3.85. The van der Waals surface area contributed by atoms with Gasteiger partial charge in [0.1, 0.15) is 16.9 Å². The highest BCUT2D eigenvalue weighted by Crippen LogP contribution is 2.35. The van der Waals surface area contributed by atoms with E-state index in [1.165, 1.54) is 5.56 Å². The van der Waals surface area contributed by atoms with E-state index < -0.39 is 5.60 Å². The quantitative estimate of drug-likeness (QED) is 0.595. The van der Waals surface area contributed by atoms with E-state index in [-0.39, 0.29) is 6.04 Å². The molecule has 4 aromatic rings. The highest BCUT2D eigenvalue weighted by atomic mass is 16.3. The number of rotatable bonds is 3. The maximum absolute atomic E-state index is 10.1. The number of hydrogen-bond donors (Lipinski definition) is 1. The van der Waals surface area contributed by atoms with Crippen LogP contribution in [0.25, 0.3) is 22.4 Å². The molecule has 1 aliphatic heterocycles. The zero-order valence-corrected chi connectivity index (χ0v) is 15.9. The Kier molecular flexibility index (Phi) is 3.77. The van der Waals surface area contributed by atoms with Crippen LogP contribution in [0.3, 0.4) is 0 Å². The summed E-state index contributed by atoms with van der Waals surface area (Å²) in [5.74, 6) is 1.48. The number of aliphatic hydroxyl groups is 1. The van der Waals surface area contributed by atoms with Gasteiger partial charge in [0.05, 0.1) is 11.7 Å². The number of imidazole rings is 1. The van der Waals surface area contributed by atoms with Gasteiger partial charge in [0.15, 0.2) is 11.5 Å². The van der Waals surface area contributed by atoms with Crippen molar-refractivity contribution < 1.29 is 5.11 Å². The molecule has 0 fully saturated rings. The van der Waals surface area contributed by atoms with E-state index in [1.54, 1.807) is 26.2 Å². The molecular weight excluding hydrogens is 350 g/mol. The van der Waals surface area contributed by atoms with E-state index in [2.05, 4.69) is 38.8 Å². The van der Waals surface area contributed by atoms with E-state index in [1.807, 2.05) is 18.2 Å². The van der Waals surface area contributed by atoms with Crippen LogP contribution in [0.1, 0.15) is 43.5 Å². The monoisotopic (exact) mass is 371 g/mol. The van der Waals surface area contributed by atoms with Crippen molar-refractivity contribution in [3.63, 3.8) is 0 Å². The molecule has 0 saturated carbocycles. The van der Waals surface area contributed by atoms with Crippen LogP contribution in [0.5, 0.6) is 0 Å². The summed E-state index contributed by atoms with van der Waals surface area (Å²) in [7, 11) is 0. The average molecular weight is 371 g/mol. The van der Waals surface area contributed by atoms with Gasteiger partial charge < -0.3 is 9.67 Å². The highest BCUT2D eigenvalue weighted by molar-refractivity contribution is 5.76. The Bertz CT molecular complexity index is 1140. The Balaban J connectivity index is 1.59. The van der Waals surface area contributed by atoms with Gasteiger partial charge in [0, 0.05) is 24.4 Å². The third-order valence-corrected chi connectivity index (χ3v) is 5.24. The number of aromatic nitrogens is 5. The Morgan fingerprint density at radius 2 is 1.75 bits per heavy atom. The highest BCUT2D eigenvalue weighted by Gasteiger charge is 2.28. The molecule has 0 spiro atoms. The van der Waals surface area contributed by atoms with Gasteiger partial charge in [-0.05, 0) is 38.0 Å². The van der Waals surface area contributed by atoms with Crippen molar-refractivity contribution in [2.45, 2.75) is 38.3 Å². The molecule has 0 saturated heterocycles. The SMILES string of the molecule is CC(C)(O)c1ncc(-c2ccc3nc4n(c3n2)C(c2ccccc2)CC4)cn1. The molecule has 5 rings (SSSR count). The van der Waals surface area contributed by atoms with E-state index in [0.29, 0.717) is 5.82 Å². The van der Waals surface area contributed by atoms with Crippen molar-refractivity contribution in [3.8, 4) is 11.3 Å². The first-order valence-corrected chi connectivity index (χ1v) is 9.49. The summed E-state index contributed by atoms with van der Waals surface area (Å²) >= 11 is 0. The lowest BCUT2D eigenvalue weighted by molar-refractivity contribution is 0.0687. The lowest BCUT2D eigenvalue weighted by Gasteiger charge is -2.15. The van der Waals surface area contributed by atoms with Crippen LogP contribution in [-0.4, -0.2) is 29.6 Å². The van der Waals surface area contributed by atoms with E-state index >= 15 is 0 Å². The predicted octanol–water partition coefficient (Wildman–Crippen LogP) is 3.65. The molecule has 1 aliphatic rings.